The Labute approximate surface area is 174 Å². The van der Waals surface area contributed by atoms with Crippen molar-refractivity contribution in [3.63, 3.8) is 0 Å². The van der Waals surface area contributed by atoms with Crippen molar-refractivity contribution in [1.82, 2.24) is 15.1 Å². The molecule has 0 N–H and O–H groups in total. The third kappa shape index (κ3) is 3.80. The minimum Gasteiger partial charge on any atom is -0.465 e. The fraction of sp³-hybridized carbons (Fsp3) is 0.100. The van der Waals surface area contributed by atoms with Crippen molar-refractivity contribution in [1.29, 1.82) is 0 Å². The van der Waals surface area contributed by atoms with Crippen molar-refractivity contribution in [2.24, 2.45) is 0 Å². The molecule has 4 rings (SSSR count). The summed E-state index contributed by atoms with van der Waals surface area (Å²) < 4.78 is 9.97. The number of hydrogen-bond acceptors (Lipinski definition) is 9. The molecule has 2 aromatic carbocycles. The fourth-order valence-corrected chi connectivity index (χ4v) is 3.47. The summed E-state index contributed by atoms with van der Waals surface area (Å²) in [5.74, 6) is -0.343. The van der Waals surface area contributed by atoms with Gasteiger partial charge in [-0.2, -0.15) is 4.98 Å². The number of benzene rings is 2. The smallest absolute Gasteiger partial charge is 0.338 e. The van der Waals surface area contributed by atoms with E-state index >= 15 is 0 Å². The number of carbonyl (C=O) groups excluding carboxylic acids is 1. The molecule has 4 aromatic rings. The lowest BCUT2D eigenvalue weighted by molar-refractivity contribution is -0.384. The van der Waals surface area contributed by atoms with Crippen LogP contribution in [0.1, 0.15) is 15.4 Å². The second kappa shape index (κ2) is 7.84. The van der Waals surface area contributed by atoms with Crippen LogP contribution in [-0.4, -0.2) is 33.1 Å². The summed E-state index contributed by atoms with van der Waals surface area (Å²) in [5, 5.41) is 18.1. The summed E-state index contributed by atoms with van der Waals surface area (Å²) in [4.78, 5) is 31.3. The first-order valence-electron chi connectivity index (χ1n) is 8.69. The Balaban J connectivity index is 1.72. The van der Waals surface area contributed by atoms with Gasteiger partial charge < -0.3 is 9.26 Å². The molecule has 2 aromatic heterocycles. The first-order valence-corrected chi connectivity index (χ1v) is 9.57. The van der Waals surface area contributed by atoms with E-state index in [0.717, 1.165) is 22.3 Å². The molecule has 0 fully saturated rings. The van der Waals surface area contributed by atoms with Gasteiger partial charge in [0.2, 0.25) is 5.82 Å². The largest absolute Gasteiger partial charge is 0.465 e. The van der Waals surface area contributed by atoms with Crippen LogP contribution < -0.4 is 0 Å². The number of aryl methyl sites for hydroxylation is 1. The molecule has 150 valence electrons. The van der Waals surface area contributed by atoms with Gasteiger partial charge in [0.15, 0.2) is 0 Å². The van der Waals surface area contributed by atoms with Gasteiger partial charge in [0.1, 0.15) is 0 Å². The molecule has 0 unspecified atom stereocenters. The molecule has 0 amide bonds. The van der Waals surface area contributed by atoms with Crippen molar-refractivity contribution in [3.05, 3.63) is 68.5 Å². The predicted octanol–water partition coefficient (Wildman–Crippen LogP) is 4.53. The third-order valence-corrected chi connectivity index (χ3v) is 5.03. The van der Waals surface area contributed by atoms with Gasteiger partial charge in [0.05, 0.1) is 28.3 Å². The van der Waals surface area contributed by atoms with E-state index in [1.807, 2.05) is 36.6 Å². The fourth-order valence-electron chi connectivity index (χ4n) is 2.85. The van der Waals surface area contributed by atoms with E-state index in [1.54, 1.807) is 11.3 Å². The Kier molecular flexibility index (Phi) is 5.07. The average molecular weight is 422 g/mol. The van der Waals surface area contributed by atoms with E-state index in [2.05, 4.69) is 19.9 Å². The predicted molar refractivity (Wildman–Crippen MR) is 109 cm³/mol. The summed E-state index contributed by atoms with van der Waals surface area (Å²) in [6.07, 6.45) is 0. The van der Waals surface area contributed by atoms with Gasteiger partial charge in [0, 0.05) is 34.2 Å². The van der Waals surface area contributed by atoms with Crippen molar-refractivity contribution in [3.8, 4) is 34.1 Å². The van der Waals surface area contributed by atoms with E-state index < -0.39 is 10.9 Å². The number of aromatic nitrogens is 3. The maximum absolute atomic E-state index is 11.9. The number of carbonyl (C=O) groups is 1. The molecule has 0 aliphatic heterocycles. The topological polar surface area (TPSA) is 121 Å². The van der Waals surface area contributed by atoms with Crippen LogP contribution >= 0.6 is 11.3 Å². The highest BCUT2D eigenvalue weighted by atomic mass is 32.1. The van der Waals surface area contributed by atoms with Gasteiger partial charge in [-0.25, -0.2) is 9.78 Å². The number of hydrogen-bond donors (Lipinski definition) is 0. The Morgan fingerprint density at radius 1 is 1.13 bits per heavy atom. The molecule has 0 aliphatic carbocycles. The van der Waals surface area contributed by atoms with Crippen LogP contribution in [-0.2, 0) is 4.74 Å². The van der Waals surface area contributed by atoms with Crippen LogP contribution in [0.15, 0.2) is 52.4 Å². The standard InChI is InChI=1S/C20H14N4O5S/c1-11-21-17(10-30-11)12-4-3-5-13(6-12)18-22-19(29-23-18)14-7-15(20(25)28-2)9-16(8-14)24(26)27/h3-10H,1-2H3. The van der Waals surface area contributed by atoms with Crippen molar-refractivity contribution in [2.45, 2.75) is 6.92 Å². The Morgan fingerprint density at radius 3 is 2.63 bits per heavy atom. The summed E-state index contributed by atoms with van der Waals surface area (Å²) >= 11 is 1.56. The van der Waals surface area contributed by atoms with Crippen LogP contribution in [0.25, 0.3) is 34.1 Å². The molecule has 2 heterocycles. The zero-order chi connectivity index (χ0) is 21.3. The molecule has 30 heavy (non-hydrogen) atoms. The van der Waals surface area contributed by atoms with Crippen LogP contribution in [0.3, 0.4) is 0 Å². The normalized spacial score (nSPS) is 10.7. The Hall–Kier alpha value is -3.92. The lowest BCUT2D eigenvalue weighted by atomic mass is 10.1. The second-order valence-electron chi connectivity index (χ2n) is 6.27. The quantitative estimate of drug-likeness (QED) is 0.261. The van der Waals surface area contributed by atoms with Crippen molar-refractivity contribution < 1.29 is 19.0 Å². The summed E-state index contributed by atoms with van der Waals surface area (Å²) in [6, 6.07) is 11.3. The molecule has 0 radical (unpaired) electrons. The SMILES string of the molecule is COC(=O)c1cc(-c2nc(-c3cccc(-c4csc(C)n4)c3)no2)cc([N+](=O)[O-])c1. The summed E-state index contributed by atoms with van der Waals surface area (Å²) in [7, 11) is 1.20. The lowest BCUT2D eigenvalue weighted by Crippen LogP contribution is -2.02. The number of nitro benzene ring substituents is 1. The number of ether oxygens (including phenoxy) is 1. The van der Waals surface area contributed by atoms with Crippen LogP contribution in [0, 0.1) is 17.0 Å². The average Bonchev–Trinajstić information content (AvgIpc) is 3.42. The summed E-state index contributed by atoms with van der Waals surface area (Å²) in [6.45, 7) is 1.94. The van der Waals surface area contributed by atoms with Gasteiger partial charge in [-0.05, 0) is 19.1 Å². The van der Waals surface area contributed by atoms with Crippen LogP contribution in [0.2, 0.25) is 0 Å². The number of non-ortho nitro benzene ring substituents is 1. The van der Waals surface area contributed by atoms with Crippen LogP contribution in [0.5, 0.6) is 0 Å². The molecule has 0 saturated carbocycles. The van der Waals surface area contributed by atoms with E-state index in [9.17, 15) is 14.9 Å². The molecule has 9 nitrogen and oxygen atoms in total. The van der Waals surface area contributed by atoms with Crippen molar-refractivity contribution in [2.75, 3.05) is 7.11 Å². The molecular formula is C20H14N4O5S. The molecule has 10 heteroatoms. The van der Waals surface area contributed by atoms with Gasteiger partial charge in [-0.1, -0.05) is 23.4 Å². The molecular weight excluding hydrogens is 408 g/mol. The molecule has 0 saturated heterocycles. The molecule has 0 spiro atoms. The van der Waals surface area contributed by atoms with E-state index in [4.69, 9.17) is 4.52 Å². The number of rotatable bonds is 5. The first-order chi connectivity index (χ1) is 14.4. The van der Waals surface area contributed by atoms with Gasteiger partial charge in [-0.3, -0.25) is 10.1 Å². The second-order valence-corrected chi connectivity index (χ2v) is 7.34. The molecule has 0 atom stereocenters. The zero-order valence-electron chi connectivity index (χ0n) is 15.9. The van der Waals surface area contributed by atoms with E-state index in [-0.39, 0.29) is 22.7 Å². The Bertz CT molecular complexity index is 1260. The minimum absolute atomic E-state index is 0.0161. The highest BCUT2D eigenvalue weighted by molar-refractivity contribution is 7.09. The highest BCUT2D eigenvalue weighted by Crippen LogP contribution is 2.29. The maximum atomic E-state index is 11.9. The zero-order valence-corrected chi connectivity index (χ0v) is 16.7. The summed E-state index contributed by atoms with van der Waals surface area (Å²) in [5.41, 5.74) is 2.44. The lowest BCUT2D eigenvalue weighted by Gasteiger charge is -2.02. The number of nitrogens with zero attached hydrogens (tertiary/aromatic N) is 4. The van der Waals surface area contributed by atoms with Gasteiger partial charge >= 0.3 is 5.97 Å². The van der Waals surface area contributed by atoms with Crippen LogP contribution in [0.4, 0.5) is 5.69 Å². The number of thiazole rings is 1. The minimum atomic E-state index is -0.703. The van der Waals surface area contributed by atoms with Crippen molar-refractivity contribution >= 4 is 23.0 Å². The highest BCUT2D eigenvalue weighted by Gasteiger charge is 2.19. The van der Waals surface area contributed by atoms with E-state index in [0.29, 0.717) is 11.4 Å². The number of nitro groups is 1. The van der Waals surface area contributed by atoms with E-state index in [1.165, 1.54) is 19.2 Å². The molecule has 0 aliphatic rings. The first kappa shape index (κ1) is 19.4. The third-order valence-electron chi connectivity index (χ3n) is 4.26. The number of esters is 1. The van der Waals surface area contributed by atoms with Gasteiger partial charge in [-0.15, -0.1) is 11.3 Å². The Morgan fingerprint density at radius 2 is 1.93 bits per heavy atom. The number of methoxy groups -OCH3 is 1. The molecule has 0 bridgehead atoms. The van der Waals surface area contributed by atoms with Gasteiger partial charge in [0.25, 0.3) is 11.6 Å². The monoisotopic (exact) mass is 422 g/mol. The maximum Gasteiger partial charge on any atom is 0.338 e.